The number of aliphatic hydroxyl groups excluding tert-OH is 1. The highest BCUT2D eigenvalue weighted by atomic mass is 16.5. The molecule has 0 spiro atoms. The summed E-state index contributed by atoms with van der Waals surface area (Å²) in [5.41, 5.74) is 0.932. The van der Waals surface area contributed by atoms with E-state index >= 15 is 0 Å². The summed E-state index contributed by atoms with van der Waals surface area (Å²) in [5.74, 6) is 1.44. The van der Waals surface area contributed by atoms with E-state index in [1.54, 1.807) is 0 Å². The van der Waals surface area contributed by atoms with Gasteiger partial charge in [-0.05, 0) is 50.0 Å². The van der Waals surface area contributed by atoms with E-state index in [0.717, 1.165) is 24.5 Å². The molecule has 0 radical (unpaired) electrons. The molecule has 2 atom stereocenters. The maximum Gasteiger partial charge on any atom is 0.119 e. The van der Waals surface area contributed by atoms with Crippen molar-refractivity contribution in [3.63, 3.8) is 0 Å². The Bertz CT molecular complexity index is 381. The topological polar surface area (TPSA) is 41.5 Å². The van der Waals surface area contributed by atoms with Crippen molar-refractivity contribution in [2.24, 2.45) is 5.92 Å². The van der Waals surface area contributed by atoms with E-state index in [9.17, 15) is 5.11 Å². The Morgan fingerprint density at radius 2 is 2.05 bits per heavy atom. The molecule has 1 aromatic carbocycles. The minimum absolute atomic E-state index is 0.428. The molecule has 2 unspecified atom stereocenters. The van der Waals surface area contributed by atoms with Crippen LogP contribution in [0, 0.1) is 5.92 Å². The van der Waals surface area contributed by atoms with Crippen molar-refractivity contribution in [3.8, 4) is 5.75 Å². The highest BCUT2D eigenvalue weighted by molar-refractivity contribution is 5.29. The summed E-state index contributed by atoms with van der Waals surface area (Å²) in [6.45, 7) is 6.02. The van der Waals surface area contributed by atoms with Crippen molar-refractivity contribution in [2.75, 3.05) is 20.2 Å². The van der Waals surface area contributed by atoms with Crippen LogP contribution in [0.4, 0.5) is 0 Å². The van der Waals surface area contributed by atoms with Gasteiger partial charge in [0.2, 0.25) is 0 Å². The number of nitrogens with one attached hydrogen (secondary N) is 1. The molecule has 2 N–H and O–H groups in total. The number of unbranched alkanes of at least 4 members (excludes halogenated alkanes) is 2. The van der Waals surface area contributed by atoms with Gasteiger partial charge in [0.1, 0.15) is 5.75 Å². The summed E-state index contributed by atoms with van der Waals surface area (Å²) in [7, 11) is 1.90. The predicted octanol–water partition coefficient (Wildman–Crippen LogP) is 3.92. The Morgan fingerprint density at radius 3 is 2.76 bits per heavy atom. The van der Waals surface area contributed by atoms with Crippen LogP contribution in [0.1, 0.15) is 57.6 Å². The second-order valence-electron chi connectivity index (χ2n) is 5.89. The number of ether oxygens (including phenoxy) is 1. The lowest BCUT2D eigenvalue weighted by molar-refractivity contribution is 0.167. The quantitative estimate of drug-likeness (QED) is 0.608. The van der Waals surface area contributed by atoms with Crippen molar-refractivity contribution in [3.05, 3.63) is 29.8 Å². The molecule has 0 amide bonds. The van der Waals surface area contributed by atoms with E-state index in [0.29, 0.717) is 12.3 Å². The van der Waals surface area contributed by atoms with Crippen LogP contribution in [0.15, 0.2) is 24.3 Å². The summed E-state index contributed by atoms with van der Waals surface area (Å²) in [6.07, 6.45) is 5.36. The Morgan fingerprint density at radius 1 is 1.24 bits per heavy atom. The number of rotatable bonds is 11. The van der Waals surface area contributed by atoms with E-state index in [1.165, 1.54) is 25.7 Å². The van der Waals surface area contributed by atoms with E-state index in [4.69, 9.17) is 4.74 Å². The molecule has 1 rings (SSSR count). The smallest absolute Gasteiger partial charge is 0.119 e. The largest absolute Gasteiger partial charge is 0.493 e. The first-order valence-corrected chi connectivity index (χ1v) is 8.22. The summed E-state index contributed by atoms with van der Waals surface area (Å²) < 4.78 is 5.87. The third-order valence-electron chi connectivity index (χ3n) is 3.75. The summed E-state index contributed by atoms with van der Waals surface area (Å²) in [4.78, 5) is 0. The van der Waals surface area contributed by atoms with E-state index in [2.05, 4.69) is 19.2 Å². The summed E-state index contributed by atoms with van der Waals surface area (Å²) in [6, 6.07) is 7.83. The van der Waals surface area contributed by atoms with Crippen molar-refractivity contribution in [1.82, 2.24) is 5.32 Å². The molecule has 3 nitrogen and oxygen atoms in total. The monoisotopic (exact) mass is 293 g/mol. The van der Waals surface area contributed by atoms with Crippen molar-refractivity contribution in [2.45, 2.75) is 52.1 Å². The van der Waals surface area contributed by atoms with Crippen molar-refractivity contribution < 1.29 is 9.84 Å². The number of hydrogen-bond acceptors (Lipinski definition) is 3. The van der Waals surface area contributed by atoms with Crippen LogP contribution in [0.2, 0.25) is 0 Å². The molecular formula is C18H31NO2. The fraction of sp³-hybridized carbons (Fsp3) is 0.667. The van der Waals surface area contributed by atoms with Gasteiger partial charge in [0, 0.05) is 0 Å². The molecule has 0 saturated heterocycles. The van der Waals surface area contributed by atoms with Crippen LogP contribution in [-0.4, -0.2) is 25.3 Å². The summed E-state index contributed by atoms with van der Waals surface area (Å²) in [5, 5.41) is 13.2. The van der Waals surface area contributed by atoms with Crippen LogP contribution in [0.25, 0.3) is 0 Å². The molecule has 0 aromatic heterocycles. The zero-order chi connectivity index (χ0) is 15.5. The standard InChI is InChI=1S/C18H31NO2/c1-4-5-6-8-15(2)14-21-17-10-7-9-16(13-17)18(20)11-12-19-3/h7,9-10,13,15,18-20H,4-6,8,11-12,14H2,1-3H3. The fourth-order valence-electron chi connectivity index (χ4n) is 2.32. The van der Waals surface area contributed by atoms with Crippen LogP contribution in [-0.2, 0) is 0 Å². The maximum atomic E-state index is 10.1. The second kappa shape index (κ2) is 10.6. The fourth-order valence-corrected chi connectivity index (χ4v) is 2.32. The van der Waals surface area contributed by atoms with Gasteiger partial charge in [0.25, 0.3) is 0 Å². The zero-order valence-corrected chi connectivity index (χ0v) is 13.8. The van der Waals surface area contributed by atoms with Gasteiger partial charge in [-0.2, -0.15) is 0 Å². The Kier molecular flexibility index (Phi) is 9.11. The average Bonchev–Trinajstić information content (AvgIpc) is 2.51. The number of aliphatic hydroxyl groups is 1. The molecular weight excluding hydrogens is 262 g/mol. The molecule has 3 heteroatoms. The first-order chi connectivity index (χ1) is 10.2. The van der Waals surface area contributed by atoms with Crippen molar-refractivity contribution in [1.29, 1.82) is 0 Å². The number of benzene rings is 1. The normalized spacial score (nSPS) is 13.9. The predicted molar refractivity (Wildman–Crippen MR) is 88.7 cm³/mol. The minimum atomic E-state index is -0.428. The highest BCUT2D eigenvalue weighted by Crippen LogP contribution is 2.22. The maximum absolute atomic E-state index is 10.1. The van der Waals surface area contributed by atoms with Gasteiger partial charge >= 0.3 is 0 Å². The van der Waals surface area contributed by atoms with E-state index < -0.39 is 6.10 Å². The lowest BCUT2D eigenvalue weighted by Crippen LogP contribution is -2.12. The third-order valence-corrected chi connectivity index (χ3v) is 3.75. The van der Waals surface area contributed by atoms with Crippen LogP contribution in [0.5, 0.6) is 5.75 Å². The molecule has 0 aliphatic rings. The molecule has 0 bridgehead atoms. The first-order valence-electron chi connectivity index (χ1n) is 8.22. The van der Waals surface area contributed by atoms with Crippen LogP contribution < -0.4 is 10.1 Å². The summed E-state index contributed by atoms with van der Waals surface area (Å²) >= 11 is 0. The Hall–Kier alpha value is -1.06. The molecule has 0 fully saturated rings. The van der Waals surface area contributed by atoms with Gasteiger partial charge in [-0.15, -0.1) is 0 Å². The molecule has 21 heavy (non-hydrogen) atoms. The lowest BCUT2D eigenvalue weighted by Gasteiger charge is -2.15. The van der Waals surface area contributed by atoms with E-state index in [-0.39, 0.29) is 0 Å². The molecule has 0 aliphatic heterocycles. The molecule has 0 aliphatic carbocycles. The van der Waals surface area contributed by atoms with Gasteiger partial charge in [0.05, 0.1) is 12.7 Å². The zero-order valence-electron chi connectivity index (χ0n) is 13.8. The van der Waals surface area contributed by atoms with Gasteiger partial charge in [0.15, 0.2) is 0 Å². The third kappa shape index (κ3) is 7.49. The van der Waals surface area contributed by atoms with Crippen LogP contribution in [0.3, 0.4) is 0 Å². The van der Waals surface area contributed by atoms with Crippen molar-refractivity contribution >= 4 is 0 Å². The molecule has 120 valence electrons. The lowest BCUT2D eigenvalue weighted by atomic mass is 10.0. The first kappa shape index (κ1) is 18.0. The van der Waals surface area contributed by atoms with Crippen LogP contribution >= 0.6 is 0 Å². The van der Waals surface area contributed by atoms with Gasteiger partial charge in [-0.25, -0.2) is 0 Å². The van der Waals surface area contributed by atoms with E-state index in [1.807, 2.05) is 31.3 Å². The van der Waals surface area contributed by atoms with Gasteiger partial charge in [-0.1, -0.05) is 45.2 Å². The molecule has 0 saturated carbocycles. The van der Waals surface area contributed by atoms with Gasteiger partial charge < -0.3 is 15.2 Å². The minimum Gasteiger partial charge on any atom is -0.493 e. The SMILES string of the molecule is CCCCCC(C)COc1cccc(C(O)CCNC)c1. The van der Waals surface area contributed by atoms with Gasteiger partial charge in [-0.3, -0.25) is 0 Å². The average molecular weight is 293 g/mol. The molecule has 1 aromatic rings. The number of hydrogen-bond donors (Lipinski definition) is 2. The Labute approximate surface area is 129 Å². The second-order valence-corrected chi connectivity index (χ2v) is 5.89. The highest BCUT2D eigenvalue weighted by Gasteiger charge is 2.09. The molecule has 0 heterocycles. The Balaban J connectivity index is 2.41.